The van der Waals surface area contributed by atoms with Crippen LogP contribution in [0.15, 0.2) is 77.9 Å². The topological polar surface area (TPSA) is 115 Å². The molecule has 6 rings (SSSR count). The van der Waals surface area contributed by atoms with E-state index in [1.807, 2.05) is 18.2 Å². The Morgan fingerprint density at radius 2 is 1.62 bits per heavy atom. The van der Waals surface area contributed by atoms with Gasteiger partial charge in [-0.05, 0) is 42.0 Å². The van der Waals surface area contributed by atoms with Gasteiger partial charge in [0.1, 0.15) is 12.0 Å². The second-order valence-corrected chi connectivity index (χ2v) is 7.94. The van der Waals surface area contributed by atoms with E-state index in [4.69, 9.17) is 9.47 Å². The van der Waals surface area contributed by atoms with Crippen LogP contribution < -0.4 is 19.4 Å². The molecule has 3 aromatic carbocycles. The lowest BCUT2D eigenvalue weighted by molar-refractivity contribution is -0.384. The van der Waals surface area contributed by atoms with Gasteiger partial charge in [-0.2, -0.15) is 5.10 Å². The fourth-order valence-electron chi connectivity index (χ4n) is 4.48. The summed E-state index contributed by atoms with van der Waals surface area (Å²) in [5.74, 6) is -0.719. The molecule has 10 nitrogen and oxygen atoms in total. The number of imide groups is 1. The number of hydrogen-bond donors (Lipinski definition) is 0. The first-order chi connectivity index (χ1) is 16.5. The summed E-state index contributed by atoms with van der Waals surface area (Å²) in [7, 11) is 0. The molecule has 0 spiro atoms. The number of benzene rings is 3. The van der Waals surface area contributed by atoms with E-state index < -0.39 is 28.7 Å². The van der Waals surface area contributed by atoms with Gasteiger partial charge in [0.15, 0.2) is 11.5 Å². The van der Waals surface area contributed by atoms with Crippen LogP contribution in [0.25, 0.3) is 0 Å². The number of nitro benzene ring substituents is 1. The summed E-state index contributed by atoms with van der Waals surface area (Å²) in [6.07, 6.45) is 0. The van der Waals surface area contributed by atoms with Crippen LogP contribution in [-0.4, -0.2) is 35.3 Å². The maximum atomic E-state index is 13.7. The number of nitro groups is 1. The van der Waals surface area contributed by atoms with Gasteiger partial charge in [0.05, 0.1) is 22.0 Å². The summed E-state index contributed by atoms with van der Waals surface area (Å²) >= 11 is 0. The van der Waals surface area contributed by atoms with Crippen molar-refractivity contribution in [3.05, 3.63) is 88.5 Å². The highest BCUT2D eigenvalue weighted by Crippen LogP contribution is 2.42. The summed E-state index contributed by atoms with van der Waals surface area (Å²) in [4.78, 5) is 39.0. The molecule has 2 atom stereocenters. The Balaban J connectivity index is 1.44. The minimum Gasteiger partial charge on any atom is -0.454 e. The van der Waals surface area contributed by atoms with Crippen molar-refractivity contribution in [1.82, 2.24) is 0 Å². The van der Waals surface area contributed by atoms with Crippen molar-refractivity contribution in [2.75, 3.05) is 16.7 Å². The van der Waals surface area contributed by atoms with E-state index in [0.717, 1.165) is 4.90 Å². The highest BCUT2D eigenvalue weighted by molar-refractivity contribution is 6.34. The van der Waals surface area contributed by atoms with Gasteiger partial charge >= 0.3 is 0 Å². The Morgan fingerprint density at radius 1 is 0.882 bits per heavy atom. The third-order valence-electron chi connectivity index (χ3n) is 6.06. The third-order valence-corrected chi connectivity index (χ3v) is 6.06. The van der Waals surface area contributed by atoms with Crippen molar-refractivity contribution >= 4 is 34.6 Å². The lowest BCUT2D eigenvalue weighted by Gasteiger charge is -2.22. The third kappa shape index (κ3) is 2.92. The molecule has 1 saturated heterocycles. The number of hydrazone groups is 1. The van der Waals surface area contributed by atoms with Gasteiger partial charge in [0.25, 0.3) is 11.6 Å². The number of fused-ring (bicyclic) bond motifs is 2. The molecule has 168 valence electrons. The minimum absolute atomic E-state index is 0.0741. The molecule has 0 bridgehead atoms. The zero-order valence-corrected chi connectivity index (χ0v) is 17.5. The molecule has 0 saturated carbocycles. The second kappa shape index (κ2) is 7.41. The fourth-order valence-corrected chi connectivity index (χ4v) is 4.48. The Labute approximate surface area is 192 Å². The number of non-ortho nitro benzene ring substituents is 1. The van der Waals surface area contributed by atoms with Crippen LogP contribution in [0.3, 0.4) is 0 Å². The predicted octanol–water partition coefficient (Wildman–Crippen LogP) is 3.11. The van der Waals surface area contributed by atoms with Gasteiger partial charge in [-0.15, -0.1) is 0 Å². The number of rotatable bonds is 4. The zero-order valence-electron chi connectivity index (χ0n) is 17.5. The molecule has 3 heterocycles. The smallest absolute Gasteiger partial charge is 0.269 e. The van der Waals surface area contributed by atoms with Crippen molar-refractivity contribution < 1.29 is 24.0 Å². The van der Waals surface area contributed by atoms with E-state index in [2.05, 4.69) is 5.10 Å². The summed E-state index contributed by atoms with van der Waals surface area (Å²) in [5, 5.41) is 17.3. The second-order valence-electron chi connectivity index (χ2n) is 7.94. The van der Waals surface area contributed by atoms with E-state index in [1.54, 1.807) is 47.5 Å². The molecule has 0 aliphatic carbocycles. The first-order valence-corrected chi connectivity index (χ1v) is 10.5. The molecule has 10 heteroatoms. The number of carbonyl (C=O) groups is 2. The zero-order chi connectivity index (χ0) is 23.4. The molecule has 0 radical (unpaired) electrons. The normalized spacial score (nSPS) is 20.5. The number of hydrogen-bond acceptors (Lipinski definition) is 8. The molecular formula is C24H16N4O6. The van der Waals surface area contributed by atoms with Gasteiger partial charge in [0.2, 0.25) is 12.7 Å². The number of ether oxygens (including phenoxy) is 2. The standard InChI is InChI=1S/C24H16N4O6/c29-23-20-21(14-6-8-16(9-7-14)28(31)32)25-27(15-4-2-1-3-5-15)22(20)24(30)26(23)17-10-11-18-19(12-17)34-13-33-18/h1-12,20,22H,13H2/t20-,22+/m0/s1. The Bertz CT molecular complexity index is 1370. The van der Waals surface area contributed by atoms with Crippen LogP contribution in [-0.2, 0) is 9.59 Å². The molecular weight excluding hydrogens is 440 g/mol. The molecule has 0 aromatic heterocycles. The van der Waals surface area contributed by atoms with Crippen LogP contribution in [0, 0.1) is 16.0 Å². The van der Waals surface area contributed by atoms with E-state index in [9.17, 15) is 19.7 Å². The van der Waals surface area contributed by atoms with Crippen molar-refractivity contribution in [2.45, 2.75) is 6.04 Å². The van der Waals surface area contributed by atoms with Crippen LogP contribution in [0.2, 0.25) is 0 Å². The van der Waals surface area contributed by atoms with E-state index in [-0.39, 0.29) is 12.5 Å². The predicted molar refractivity (Wildman–Crippen MR) is 121 cm³/mol. The van der Waals surface area contributed by atoms with E-state index in [1.165, 1.54) is 12.1 Å². The van der Waals surface area contributed by atoms with E-state index in [0.29, 0.717) is 34.1 Å². The quantitative estimate of drug-likeness (QED) is 0.337. The molecule has 2 amide bonds. The summed E-state index contributed by atoms with van der Waals surface area (Å²) in [6, 6.07) is 18.9. The SMILES string of the molecule is O=C1[C@H]2C(c3ccc([N+](=O)[O-])cc3)=NN(c3ccccc3)[C@H]2C(=O)N1c1ccc2c(c1)OCO2. The van der Waals surface area contributed by atoms with Gasteiger partial charge < -0.3 is 9.47 Å². The fraction of sp³-hybridized carbons (Fsp3) is 0.125. The molecule has 0 unspecified atom stereocenters. The molecule has 3 aliphatic heterocycles. The number of carbonyl (C=O) groups excluding carboxylic acids is 2. The molecule has 3 aliphatic rings. The van der Waals surface area contributed by atoms with Crippen LogP contribution in [0.1, 0.15) is 5.56 Å². The highest BCUT2D eigenvalue weighted by atomic mass is 16.7. The molecule has 3 aromatic rings. The van der Waals surface area contributed by atoms with Gasteiger partial charge in [0, 0.05) is 18.2 Å². The summed E-state index contributed by atoms with van der Waals surface area (Å²) < 4.78 is 10.7. The van der Waals surface area contributed by atoms with Crippen LogP contribution >= 0.6 is 0 Å². The maximum absolute atomic E-state index is 13.7. The number of amides is 2. The number of para-hydroxylation sites is 1. The molecule has 0 N–H and O–H groups in total. The summed E-state index contributed by atoms with van der Waals surface area (Å²) in [6.45, 7) is 0.0741. The van der Waals surface area contributed by atoms with E-state index >= 15 is 0 Å². The first kappa shape index (κ1) is 19.9. The highest BCUT2D eigenvalue weighted by Gasteiger charge is 2.57. The lowest BCUT2D eigenvalue weighted by atomic mass is 9.92. The lowest BCUT2D eigenvalue weighted by Crippen LogP contribution is -2.39. The van der Waals surface area contributed by atoms with Crippen molar-refractivity contribution in [1.29, 1.82) is 0 Å². The summed E-state index contributed by atoms with van der Waals surface area (Å²) in [5.41, 5.74) is 1.88. The van der Waals surface area contributed by atoms with Crippen LogP contribution in [0.5, 0.6) is 11.5 Å². The Hall–Kier alpha value is -4.73. The maximum Gasteiger partial charge on any atom is 0.269 e. The Kier molecular flexibility index (Phi) is 4.34. The van der Waals surface area contributed by atoms with Gasteiger partial charge in [-0.1, -0.05) is 18.2 Å². The number of nitrogens with zero attached hydrogens (tertiary/aromatic N) is 4. The molecule has 34 heavy (non-hydrogen) atoms. The average molecular weight is 456 g/mol. The largest absolute Gasteiger partial charge is 0.454 e. The van der Waals surface area contributed by atoms with Crippen molar-refractivity contribution in [3.8, 4) is 11.5 Å². The Morgan fingerprint density at radius 3 is 2.35 bits per heavy atom. The van der Waals surface area contributed by atoms with Gasteiger partial charge in [-0.3, -0.25) is 24.7 Å². The molecule has 1 fully saturated rings. The first-order valence-electron chi connectivity index (χ1n) is 10.5. The van der Waals surface area contributed by atoms with Crippen molar-refractivity contribution in [2.24, 2.45) is 11.0 Å². The van der Waals surface area contributed by atoms with Gasteiger partial charge in [-0.25, -0.2) is 4.90 Å². The van der Waals surface area contributed by atoms with Crippen molar-refractivity contribution in [3.63, 3.8) is 0 Å². The minimum atomic E-state index is -0.884. The number of anilines is 2. The van der Waals surface area contributed by atoms with Crippen LogP contribution in [0.4, 0.5) is 17.1 Å². The monoisotopic (exact) mass is 456 g/mol. The average Bonchev–Trinajstić information content (AvgIpc) is 3.55.